The van der Waals surface area contributed by atoms with Crippen molar-refractivity contribution in [2.24, 2.45) is 0 Å². The summed E-state index contributed by atoms with van der Waals surface area (Å²) in [5.74, 6) is 1.22. The highest BCUT2D eigenvalue weighted by atomic mass is 32.2. The zero-order chi connectivity index (χ0) is 11.5. The number of nitrogens with zero attached hydrogens (tertiary/aromatic N) is 1. The average molecular weight is 235 g/mol. The summed E-state index contributed by atoms with van der Waals surface area (Å²) in [6, 6.07) is 6.32. The molecule has 0 amide bonds. The first-order chi connectivity index (χ1) is 7.72. The van der Waals surface area contributed by atoms with Crippen molar-refractivity contribution in [3.05, 3.63) is 29.3 Å². The van der Waals surface area contributed by atoms with Gasteiger partial charge in [0.1, 0.15) is 6.29 Å². The highest BCUT2D eigenvalue weighted by Crippen LogP contribution is 2.32. The van der Waals surface area contributed by atoms with E-state index in [2.05, 4.69) is 18.2 Å². The quantitative estimate of drug-likeness (QED) is 0.751. The molecule has 0 aromatic heterocycles. The van der Waals surface area contributed by atoms with Crippen LogP contribution in [0.25, 0.3) is 0 Å². The zero-order valence-corrected chi connectivity index (χ0v) is 10.6. The van der Waals surface area contributed by atoms with E-state index in [0.29, 0.717) is 0 Å². The fourth-order valence-corrected chi connectivity index (χ4v) is 3.08. The van der Waals surface area contributed by atoms with Gasteiger partial charge in [-0.1, -0.05) is 12.1 Å². The lowest BCUT2D eigenvalue weighted by molar-refractivity contribution is -0.111. The molecule has 1 unspecified atom stereocenters. The third-order valence-electron chi connectivity index (χ3n) is 2.96. The van der Waals surface area contributed by atoms with Gasteiger partial charge in [0.05, 0.1) is 6.04 Å². The Balaban J connectivity index is 2.32. The van der Waals surface area contributed by atoms with Crippen LogP contribution >= 0.6 is 11.8 Å². The van der Waals surface area contributed by atoms with Crippen molar-refractivity contribution in [2.45, 2.75) is 23.8 Å². The minimum Gasteiger partial charge on any atom is -0.301 e. The van der Waals surface area contributed by atoms with Crippen LogP contribution in [0.15, 0.2) is 23.1 Å². The van der Waals surface area contributed by atoms with Gasteiger partial charge in [0.25, 0.3) is 0 Å². The minimum atomic E-state index is -0.114. The average Bonchev–Trinajstić information content (AvgIpc) is 2.29. The van der Waals surface area contributed by atoms with Crippen LogP contribution in [0.1, 0.15) is 23.6 Å². The highest BCUT2D eigenvalue weighted by molar-refractivity contribution is 7.99. The predicted molar refractivity (Wildman–Crippen MR) is 68.0 cm³/mol. The van der Waals surface area contributed by atoms with Crippen LogP contribution in [0.5, 0.6) is 0 Å². The standard InChI is InChI=1S/C13H17NOS/c1-14(2)12(9-15)10-5-6-13-11(8-10)4-3-7-16-13/h5-6,8-9,12H,3-4,7H2,1-2H3. The Morgan fingerprint density at radius 3 is 2.94 bits per heavy atom. The highest BCUT2D eigenvalue weighted by Gasteiger charge is 2.16. The van der Waals surface area contributed by atoms with Crippen LogP contribution in [-0.2, 0) is 11.2 Å². The summed E-state index contributed by atoms with van der Waals surface area (Å²) in [6.07, 6.45) is 3.40. The Kier molecular flexibility index (Phi) is 3.66. The monoisotopic (exact) mass is 235 g/mol. The molecule has 1 aromatic carbocycles. The molecule has 2 nitrogen and oxygen atoms in total. The van der Waals surface area contributed by atoms with Gasteiger partial charge in [-0.15, -0.1) is 11.8 Å². The van der Waals surface area contributed by atoms with E-state index in [1.54, 1.807) is 0 Å². The molecule has 0 N–H and O–H groups in total. The number of carbonyl (C=O) groups is 1. The zero-order valence-electron chi connectivity index (χ0n) is 9.77. The molecule has 3 heteroatoms. The molecule has 16 heavy (non-hydrogen) atoms. The van der Waals surface area contributed by atoms with E-state index in [4.69, 9.17) is 0 Å². The molecule has 0 bridgehead atoms. The Morgan fingerprint density at radius 1 is 1.44 bits per heavy atom. The molecule has 0 saturated carbocycles. The van der Waals surface area contributed by atoms with E-state index in [9.17, 15) is 4.79 Å². The molecule has 0 fully saturated rings. The molecule has 0 spiro atoms. The molecule has 0 aliphatic carbocycles. The number of benzene rings is 1. The maximum absolute atomic E-state index is 11.1. The number of hydrogen-bond donors (Lipinski definition) is 0. The summed E-state index contributed by atoms with van der Waals surface area (Å²) in [5, 5.41) is 0. The van der Waals surface area contributed by atoms with Crippen LogP contribution in [0, 0.1) is 0 Å². The molecule has 2 rings (SSSR count). The molecular weight excluding hydrogens is 218 g/mol. The molecule has 1 aliphatic rings. The second-order valence-corrected chi connectivity index (χ2v) is 5.50. The van der Waals surface area contributed by atoms with Crippen molar-refractivity contribution in [1.29, 1.82) is 0 Å². The maximum atomic E-state index is 11.1. The second-order valence-electron chi connectivity index (χ2n) is 4.36. The summed E-state index contributed by atoms with van der Waals surface area (Å²) in [7, 11) is 3.88. The Hall–Kier alpha value is -0.800. The summed E-state index contributed by atoms with van der Waals surface area (Å²) in [6.45, 7) is 0. The van der Waals surface area contributed by atoms with E-state index in [-0.39, 0.29) is 6.04 Å². The lowest BCUT2D eigenvalue weighted by Crippen LogP contribution is -2.21. The smallest absolute Gasteiger partial charge is 0.141 e. The van der Waals surface area contributed by atoms with E-state index >= 15 is 0 Å². The van der Waals surface area contributed by atoms with Crippen molar-refractivity contribution < 1.29 is 4.79 Å². The fourth-order valence-electron chi connectivity index (χ4n) is 2.06. The van der Waals surface area contributed by atoms with Gasteiger partial charge in [0.15, 0.2) is 0 Å². The number of thioether (sulfide) groups is 1. The Labute approximate surface area is 101 Å². The third-order valence-corrected chi connectivity index (χ3v) is 4.16. The third kappa shape index (κ3) is 2.30. The minimum absolute atomic E-state index is 0.114. The number of likely N-dealkylation sites (N-methyl/N-ethyl adjacent to an activating group) is 1. The van der Waals surface area contributed by atoms with Crippen molar-refractivity contribution >= 4 is 18.0 Å². The maximum Gasteiger partial charge on any atom is 0.141 e. The van der Waals surface area contributed by atoms with E-state index in [1.807, 2.05) is 30.8 Å². The molecule has 0 radical (unpaired) electrons. The Bertz CT molecular complexity index is 390. The summed E-state index contributed by atoms with van der Waals surface area (Å²) in [4.78, 5) is 14.4. The molecule has 1 atom stereocenters. The number of carbonyl (C=O) groups excluding carboxylic acids is 1. The largest absolute Gasteiger partial charge is 0.301 e. The van der Waals surface area contributed by atoms with Crippen LogP contribution in [0.3, 0.4) is 0 Å². The molecular formula is C13H17NOS. The summed E-state index contributed by atoms with van der Waals surface area (Å²) < 4.78 is 0. The molecule has 0 saturated heterocycles. The van der Waals surface area contributed by atoms with Gasteiger partial charge < -0.3 is 4.79 Å². The number of hydrogen-bond acceptors (Lipinski definition) is 3. The van der Waals surface area contributed by atoms with Crippen molar-refractivity contribution in [3.63, 3.8) is 0 Å². The van der Waals surface area contributed by atoms with Gasteiger partial charge in [0, 0.05) is 4.90 Å². The number of rotatable bonds is 3. The number of aldehydes is 1. The lowest BCUT2D eigenvalue weighted by atomic mass is 10.0. The molecule has 1 aromatic rings. The molecule has 1 heterocycles. The first-order valence-corrected chi connectivity index (χ1v) is 6.58. The van der Waals surface area contributed by atoms with Crippen LogP contribution < -0.4 is 0 Å². The first-order valence-electron chi connectivity index (χ1n) is 5.59. The van der Waals surface area contributed by atoms with Gasteiger partial charge in [-0.2, -0.15) is 0 Å². The van der Waals surface area contributed by atoms with Crippen molar-refractivity contribution in [3.8, 4) is 0 Å². The normalized spacial score (nSPS) is 16.9. The van der Waals surface area contributed by atoms with Crippen LogP contribution in [0.4, 0.5) is 0 Å². The SMILES string of the molecule is CN(C)C(C=O)c1ccc2c(c1)CCCS2. The lowest BCUT2D eigenvalue weighted by Gasteiger charge is -2.22. The number of aryl methyl sites for hydroxylation is 1. The number of fused-ring (bicyclic) bond motifs is 1. The van der Waals surface area contributed by atoms with Crippen molar-refractivity contribution in [2.75, 3.05) is 19.8 Å². The van der Waals surface area contributed by atoms with Crippen LogP contribution in [-0.4, -0.2) is 31.0 Å². The van der Waals surface area contributed by atoms with E-state index < -0.39 is 0 Å². The van der Waals surface area contributed by atoms with Gasteiger partial charge in [-0.05, 0) is 49.9 Å². The topological polar surface area (TPSA) is 20.3 Å². The fraction of sp³-hybridized carbons (Fsp3) is 0.462. The predicted octanol–water partition coefficient (Wildman–Crippen LogP) is 2.53. The van der Waals surface area contributed by atoms with Gasteiger partial charge in [-0.25, -0.2) is 0 Å². The Morgan fingerprint density at radius 2 is 2.25 bits per heavy atom. The van der Waals surface area contributed by atoms with E-state index in [0.717, 1.165) is 18.3 Å². The second kappa shape index (κ2) is 5.02. The van der Waals surface area contributed by atoms with Crippen LogP contribution in [0.2, 0.25) is 0 Å². The first kappa shape index (κ1) is 11.7. The molecule has 1 aliphatic heterocycles. The summed E-state index contributed by atoms with van der Waals surface area (Å²) in [5.41, 5.74) is 2.52. The van der Waals surface area contributed by atoms with Crippen molar-refractivity contribution in [1.82, 2.24) is 4.90 Å². The molecule has 86 valence electrons. The van der Waals surface area contributed by atoms with Gasteiger partial charge in [0.2, 0.25) is 0 Å². The van der Waals surface area contributed by atoms with Gasteiger partial charge in [-0.3, -0.25) is 4.90 Å². The van der Waals surface area contributed by atoms with E-state index in [1.165, 1.54) is 22.6 Å². The van der Waals surface area contributed by atoms with Gasteiger partial charge >= 0.3 is 0 Å². The summed E-state index contributed by atoms with van der Waals surface area (Å²) >= 11 is 1.92.